The molecule has 0 aromatic carbocycles. The van der Waals surface area contributed by atoms with Crippen LogP contribution in [0.3, 0.4) is 0 Å². The van der Waals surface area contributed by atoms with Crippen molar-refractivity contribution in [2.24, 2.45) is 0 Å². The van der Waals surface area contributed by atoms with Crippen LogP contribution in [-0.2, 0) is 0 Å². The van der Waals surface area contributed by atoms with E-state index in [4.69, 9.17) is 21.0 Å². The van der Waals surface area contributed by atoms with Gasteiger partial charge in [0.15, 0.2) is 0 Å². The van der Waals surface area contributed by atoms with Gasteiger partial charge in [0, 0.05) is 32.5 Å². The fourth-order valence-corrected chi connectivity index (χ4v) is 3.76. The molecule has 0 bridgehead atoms. The first kappa shape index (κ1) is 25.3. The van der Waals surface area contributed by atoms with Gasteiger partial charge in [0.25, 0.3) is 0 Å². The molecule has 0 saturated carbocycles. The molecule has 12 nitrogen and oxygen atoms in total. The highest BCUT2D eigenvalue weighted by atomic mass is 15.5. The molecule has 2 rings (SSSR count). The highest BCUT2D eigenvalue weighted by Crippen LogP contribution is 2.09. The fraction of sp³-hybridized carbons (Fsp3) is 0.750. The van der Waals surface area contributed by atoms with Gasteiger partial charge < -0.3 is 0 Å². The average molecular weight is 440 g/mol. The van der Waals surface area contributed by atoms with Gasteiger partial charge in [-0.2, -0.15) is 21.0 Å². The van der Waals surface area contributed by atoms with Gasteiger partial charge >= 0.3 is 6.07 Å². The highest BCUT2D eigenvalue weighted by Gasteiger charge is 2.24. The largest absolute Gasteiger partial charge is 0.320 e. The summed E-state index contributed by atoms with van der Waals surface area (Å²) in [7, 11) is 0. The molecule has 2 fully saturated rings. The number of rotatable bonds is 10. The predicted molar refractivity (Wildman–Crippen MR) is 116 cm³/mol. The normalized spacial score (nSPS) is 19.1. The van der Waals surface area contributed by atoms with Crippen LogP contribution in [0.4, 0.5) is 0 Å². The van der Waals surface area contributed by atoms with Gasteiger partial charge in [-0.15, -0.1) is 0 Å². The number of nitriles is 4. The van der Waals surface area contributed by atoms with Gasteiger partial charge in [-0.05, 0) is 0 Å². The van der Waals surface area contributed by atoms with Crippen molar-refractivity contribution >= 4 is 0 Å². The Kier molecular flexibility index (Phi) is 11.8. The van der Waals surface area contributed by atoms with E-state index in [1.54, 1.807) is 0 Å². The summed E-state index contributed by atoms with van der Waals surface area (Å²) >= 11 is 0. The van der Waals surface area contributed by atoms with Gasteiger partial charge in [0.05, 0.1) is 88.8 Å². The summed E-state index contributed by atoms with van der Waals surface area (Å²) in [5.41, 5.74) is 3.00. The Hall–Kier alpha value is -2.99. The first-order chi connectivity index (χ1) is 15.7. The maximum Gasteiger partial charge on any atom is 0.320 e. The molecule has 0 radical (unpaired) electrons. The lowest BCUT2D eigenvalue weighted by molar-refractivity contribution is -0.0261. The van der Waals surface area contributed by atoms with Crippen LogP contribution < -0.4 is 5.43 Å². The van der Waals surface area contributed by atoms with E-state index < -0.39 is 0 Å². The van der Waals surface area contributed by atoms with Crippen molar-refractivity contribution < 1.29 is 0 Å². The second-order valence-electron chi connectivity index (χ2n) is 7.83. The molecule has 0 amide bonds. The second-order valence-corrected chi connectivity index (χ2v) is 7.83. The maximum atomic E-state index is 8.94. The van der Waals surface area contributed by atoms with Crippen molar-refractivity contribution in [1.82, 2.24) is 34.8 Å². The zero-order valence-electron chi connectivity index (χ0n) is 18.5. The van der Waals surface area contributed by atoms with Crippen LogP contribution in [0.15, 0.2) is 0 Å². The SMILES string of the molecule is N#CCCN1CN(CCC#N)CN(CCC#[N+]NCN2CN(CC#N)CN(CC#N)C2)C1. The lowest BCUT2D eigenvalue weighted by Gasteiger charge is -2.41. The molecule has 0 atom stereocenters. The quantitative estimate of drug-likeness (QED) is 0.353. The summed E-state index contributed by atoms with van der Waals surface area (Å²) in [5.74, 6) is 0. The van der Waals surface area contributed by atoms with Gasteiger partial charge in [0.2, 0.25) is 0 Å². The van der Waals surface area contributed by atoms with E-state index in [1.807, 2.05) is 9.80 Å². The van der Waals surface area contributed by atoms with Crippen LogP contribution in [0, 0.1) is 51.4 Å². The average Bonchev–Trinajstić information content (AvgIpc) is 2.79. The molecule has 0 unspecified atom stereocenters. The number of nitrogens with zero attached hydrogens (tertiary/aromatic N) is 11. The van der Waals surface area contributed by atoms with Crippen molar-refractivity contribution in [3.05, 3.63) is 4.95 Å². The summed E-state index contributed by atoms with van der Waals surface area (Å²) in [6, 6.07) is 11.7. The molecule has 12 heteroatoms. The minimum Gasteiger partial charge on any atom is -0.276 e. The van der Waals surface area contributed by atoms with Crippen molar-refractivity contribution in [2.75, 3.05) is 79.4 Å². The van der Waals surface area contributed by atoms with Crippen molar-refractivity contribution in [2.45, 2.75) is 19.3 Å². The third-order valence-corrected chi connectivity index (χ3v) is 5.06. The Labute approximate surface area is 190 Å². The summed E-state index contributed by atoms with van der Waals surface area (Å²) in [6.45, 7) is 7.62. The van der Waals surface area contributed by atoms with E-state index in [1.165, 1.54) is 0 Å². The minimum atomic E-state index is 0.320. The van der Waals surface area contributed by atoms with E-state index in [-0.39, 0.29) is 0 Å². The van der Waals surface area contributed by atoms with Crippen LogP contribution in [0.2, 0.25) is 0 Å². The summed E-state index contributed by atoms with van der Waals surface area (Å²) in [6.07, 6.45) is 1.64. The van der Waals surface area contributed by atoms with E-state index in [9.17, 15) is 0 Å². The van der Waals surface area contributed by atoms with E-state index in [0.717, 1.165) is 39.6 Å². The molecule has 0 spiro atoms. The second kappa shape index (κ2) is 14.9. The van der Waals surface area contributed by atoms with Crippen LogP contribution in [-0.4, -0.2) is 109 Å². The molecule has 0 aliphatic carbocycles. The smallest absolute Gasteiger partial charge is 0.276 e. The van der Waals surface area contributed by atoms with Crippen LogP contribution in [0.25, 0.3) is 4.95 Å². The molecule has 2 aliphatic rings. The molecule has 32 heavy (non-hydrogen) atoms. The molecule has 0 aromatic heterocycles. The lowest BCUT2D eigenvalue weighted by Crippen LogP contribution is -2.56. The predicted octanol–water partition coefficient (Wildman–Crippen LogP) is -0.370. The van der Waals surface area contributed by atoms with Crippen LogP contribution in [0.1, 0.15) is 19.3 Å². The van der Waals surface area contributed by atoms with E-state index in [0.29, 0.717) is 59.0 Å². The monoisotopic (exact) mass is 439 g/mol. The van der Waals surface area contributed by atoms with Gasteiger partial charge in [-0.25, -0.2) is 0 Å². The molecular formula is C20H31N12+. The topological polar surface area (TPSA) is 131 Å². The highest BCUT2D eigenvalue weighted by molar-refractivity contribution is 4.87. The van der Waals surface area contributed by atoms with Crippen LogP contribution >= 0.6 is 0 Å². The zero-order chi connectivity index (χ0) is 23.0. The number of hydrogen-bond donors (Lipinski definition) is 1. The lowest BCUT2D eigenvalue weighted by atomic mass is 10.3. The Bertz CT molecular complexity index is 741. The van der Waals surface area contributed by atoms with Gasteiger partial charge in [-0.1, -0.05) is 5.43 Å². The summed E-state index contributed by atoms with van der Waals surface area (Å²) < 4.78 is 0. The van der Waals surface area contributed by atoms with E-state index in [2.05, 4.69) is 60.3 Å². The Morgan fingerprint density at radius 3 is 1.47 bits per heavy atom. The Morgan fingerprint density at radius 1 is 0.562 bits per heavy atom. The van der Waals surface area contributed by atoms with E-state index >= 15 is 0 Å². The third-order valence-electron chi connectivity index (χ3n) is 5.06. The molecule has 2 saturated heterocycles. The minimum absolute atomic E-state index is 0.320. The molecule has 0 aromatic rings. The zero-order valence-corrected chi connectivity index (χ0v) is 18.5. The Morgan fingerprint density at radius 2 is 1.00 bits per heavy atom. The van der Waals surface area contributed by atoms with Crippen molar-refractivity contribution in [3.8, 4) is 30.3 Å². The molecule has 2 heterocycles. The van der Waals surface area contributed by atoms with Gasteiger partial charge in [-0.3, -0.25) is 29.4 Å². The molecule has 170 valence electrons. The van der Waals surface area contributed by atoms with Crippen molar-refractivity contribution in [3.63, 3.8) is 0 Å². The van der Waals surface area contributed by atoms with Crippen LogP contribution in [0.5, 0.6) is 0 Å². The molecular weight excluding hydrogens is 408 g/mol. The van der Waals surface area contributed by atoms with Gasteiger partial charge in [0.1, 0.15) is 6.67 Å². The number of nitrogens with one attached hydrogen (secondary N) is 1. The first-order valence-corrected chi connectivity index (χ1v) is 10.7. The fourth-order valence-electron chi connectivity index (χ4n) is 3.76. The van der Waals surface area contributed by atoms with Crippen molar-refractivity contribution in [1.29, 1.82) is 21.0 Å². The standard InChI is InChI=1S/C20H31N12/c21-4-1-9-27-15-28(10-2-5-22)17-29(16-27)11-3-8-25-26-14-32-19-30(12-6-23)18-31(20-32)13-7-24/h26H,1-3,9-20H2/q+1. The summed E-state index contributed by atoms with van der Waals surface area (Å²) in [4.78, 5) is 16.9. The maximum absolute atomic E-state index is 8.94. The first-order valence-electron chi connectivity index (χ1n) is 10.7. The molecule has 1 N–H and O–H groups in total. The summed E-state index contributed by atoms with van der Waals surface area (Å²) in [5, 5.41) is 35.6. The number of hydrogen-bond acceptors (Lipinski definition) is 11. The Balaban J connectivity index is 1.74. The molecule has 2 aliphatic heterocycles. The third kappa shape index (κ3) is 9.43.